The summed E-state index contributed by atoms with van der Waals surface area (Å²) in [7, 11) is 6.94. The van der Waals surface area contributed by atoms with Crippen LogP contribution in [0, 0.1) is 6.92 Å². The normalized spacial score (nSPS) is 17.8. The molecule has 3 heterocycles. The van der Waals surface area contributed by atoms with Gasteiger partial charge in [0.25, 0.3) is 5.56 Å². The molecule has 1 unspecified atom stereocenters. The maximum Gasteiger partial charge on any atom is 0.409 e. The number of hydrogen-bond acceptors (Lipinski definition) is 8. The SMILES string of the molecule is CCO[C@H]1CN(C(=O)OC)CC1Nc1c(CC)nc(-c2ccc(N(C)C)nc2C)n(C)c1=O. The highest BCUT2D eigenvalue weighted by Gasteiger charge is 2.37. The zero-order valence-corrected chi connectivity index (χ0v) is 20.5. The third kappa shape index (κ3) is 4.95. The van der Waals surface area contributed by atoms with Crippen LogP contribution in [0.4, 0.5) is 16.3 Å². The third-order valence-corrected chi connectivity index (χ3v) is 5.88. The number of amides is 1. The van der Waals surface area contributed by atoms with Crippen LogP contribution in [0.15, 0.2) is 16.9 Å². The van der Waals surface area contributed by atoms with Gasteiger partial charge in [-0.3, -0.25) is 9.36 Å². The molecule has 0 saturated carbocycles. The van der Waals surface area contributed by atoms with Gasteiger partial charge < -0.3 is 24.6 Å². The molecule has 2 aromatic heterocycles. The lowest BCUT2D eigenvalue weighted by molar-refractivity contribution is 0.0614. The molecule has 1 aliphatic rings. The number of aryl methyl sites for hydroxylation is 2. The first kappa shape index (κ1) is 24.5. The van der Waals surface area contributed by atoms with E-state index >= 15 is 0 Å². The first-order valence-corrected chi connectivity index (χ1v) is 11.2. The molecule has 1 amide bonds. The van der Waals surface area contributed by atoms with Crippen molar-refractivity contribution in [2.45, 2.75) is 39.3 Å². The van der Waals surface area contributed by atoms with Crippen LogP contribution in [0.1, 0.15) is 25.2 Å². The van der Waals surface area contributed by atoms with Gasteiger partial charge in [-0.15, -0.1) is 0 Å². The molecule has 1 fully saturated rings. The third-order valence-electron chi connectivity index (χ3n) is 5.88. The molecule has 0 aliphatic carbocycles. The number of carbonyl (C=O) groups excluding carboxylic acids is 1. The summed E-state index contributed by atoms with van der Waals surface area (Å²) < 4.78 is 12.2. The van der Waals surface area contributed by atoms with E-state index in [2.05, 4.69) is 10.3 Å². The number of ether oxygens (including phenoxy) is 2. The summed E-state index contributed by atoms with van der Waals surface area (Å²) in [5.74, 6) is 1.41. The van der Waals surface area contributed by atoms with E-state index in [4.69, 9.17) is 14.5 Å². The molecule has 33 heavy (non-hydrogen) atoms. The maximum absolute atomic E-state index is 13.4. The van der Waals surface area contributed by atoms with Crippen LogP contribution in [0.3, 0.4) is 0 Å². The van der Waals surface area contributed by atoms with Crippen LogP contribution in [-0.4, -0.2) is 78.6 Å². The van der Waals surface area contributed by atoms with Gasteiger partial charge in [-0.2, -0.15) is 0 Å². The van der Waals surface area contributed by atoms with Crippen molar-refractivity contribution in [2.75, 3.05) is 51.1 Å². The van der Waals surface area contributed by atoms with Crippen molar-refractivity contribution in [1.29, 1.82) is 0 Å². The molecule has 3 rings (SSSR count). The van der Waals surface area contributed by atoms with Crippen molar-refractivity contribution in [3.8, 4) is 11.4 Å². The topological polar surface area (TPSA) is 102 Å². The predicted octanol–water partition coefficient (Wildman–Crippen LogP) is 2.05. The smallest absolute Gasteiger partial charge is 0.409 e. The summed E-state index contributed by atoms with van der Waals surface area (Å²) in [5.41, 5.74) is 2.52. The van der Waals surface area contributed by atoms with Crippen LogP contribution in [0.5, 0.6) is 0 Å². The van der Waals surface area contributed by atoms with E-state index in [1.807, 2.05) is 51.9 Å². The Hall–Kier alpha value is -3.14. The lowest BCUT2D eigenvalue weighted by Gasteiger charge is -2.22. The molecular formula is C23H34N6O4. The van der Waals surface area contributed by atoms with Gasteiger partial charge in [-0.1, -0.05) is 6.92 Å². The maximum atomic E-state index is 13.4. The molecule has 1 aliphatic heterocycles. The Morgan fingerprint density at radius 3 is 2.55 bits per heavy atom. The number of likely N-dealkylation sites (tertiary alicyclic amines) is 1. The van der Waals surface area contributed by atoms with E-state index < -0.39 is 6.09 Å². The lowest BCUT2D eigenvalue weighted by atomic mass is 10.1. The monoisotopic (exact) mass is 458 g/mol. The Kier molecular flexibility index (Phi) is 7.57. The highest BCUT2D eigenvalue weighted by molar-refractivity contribution is 5.68. The highest BCUT2D eigenvalue weighted by Crippen LogP contribution is 2.25. The van der Waals surface area contributed by atoms with Gasteiger partial charge in [0.15, 0.2) is 0 Å². The summed E-state index contributed by atoms with van der Waals surface area (Å²) >= 11 is 0. The van der Waals surface area contributed by atoms with Gasteiger partial charge in [-0.25, -0.2) is 14.8 Å². The quantitative estimate of drug-likeness (QED) is 0.673. The van der Waals surface area contributed by atoms with E-state index in [9.17, 15) is 9.59 Å². The molecule has 0 radical (unpaired) electrons. The Bertz CT molecular complexity index is 1070. The Balaban J connectivity index is 1.99. The molecule has 0 aromatic carbocycles. The first-order valence-electron chi connectivity index (χ1n) is 11.2. The van der Waals surface area contributed by atoms with Gasteiger partial charge in [0.05, 0.1) is 37.2 Å². The number of nitrogens with one attached hydrogen (secondary N) is 1. The van der Waals surface area contributed by atoms with Gasteiger partial charge in [0, 0.05) is 39.9 Å². The number of aromatic nitrogens is 3. The van der Waals surface area contributed by atoms with E-state index in [0.717, 1.165) is 17.1 Å². The van der Waals surface area contributed by atoms with E-state index in [-0.39, 0.29) is 17.7 Å². The molecule has 2 aromatic rings. The predicted molar refractivity (Wildman–Crippen MR) is 128 cm³/mol. The van der Waals surface area contributed by atoms with Crippen molar-refractivity contribution >= 4 is 17.6 Å². The number of nitrogens with zero attached hydrogens (tertiary/aromatic N) is 5. The van der Waals surface area contributed by atoms with Gasteiger partial charge in [0.2, 0.25) is 0 Å². The summed E-state index contributed by atoms with van der Waals surface area (Å²) in [6.45, 7) is 7.06. The van der Waals surface area contributed by atoms with Crippen molar-refractivity contribution in [3.63, 3.8) is 0 Å². The minimum Gasteiger partial charge on any atom is -0.453 e. The van der Waals surface area contributed by atoms with Crippen LogP contribution in [0.25, 0.3) is 11.4 Å². The van der Waals surface area contributed by atoms with Crippen molar-refractivity contribution in [2.24, 2.45) is 7.05 Å². The van der Waals surface area contributed by atoms with Crippen LogP contribution < -0.4 is 15.8 Å². The largest absolute Gasteiger partial charge is 0.453 e. The van der Waals surface area contributed by atoms with Gasteiger partial charge in [0.1, 0.15) is 17.3 Å². The summed E-state index contributed by atoms with van der Waals surface area (Å²) in [6.07, 6.45) is -0.0983. The summed E-state index contributed by atoms with van der Waals surface area (Å²) in [4.78, 5) is 38.5. The number of anilines is 2. The Morgan fingerprint density at radius 1 is 1.24 bits per heavy atom. The van der Waals surface area contributed by atoms with E-state index in [0.29, 0.717) is 43.3 Å². The first-order chi connectivity index (χ1) is 15.7. The number of pyridine rings is 1. The molecule has 10 heteroatoms. The van der Waals surface area contributed by atoms with Gasteiger partial charge in [-0.05, 0) is 32.4 Å². The molecule has 10 nitrogen and oxygen atoms in total. The zero-order valence-electron chi connectivity index (χ0n) is 20.5. The fraction of sp³-hybridized carbons (Fsp3) is 0.565. The second-order valence-corrected chi connectivity index (χ2v) is 8.29. The average molecular weight is 459 g/mol. The number of methoxy groups -OCH3 is 1. The van der Waals surface area contributed by atoms with E-state index in [1.165, 1.54) is 7.11 Å². The standard InChI is InChI=1S/C23H34N6O4/c1-8-16-20(25-17-12-29(23(31)32-7)13-18(17)33-9-2)22(30)28(6)21(26-16)15-10-11-19(27(4)5)24-14(15)3/h10-11,17-18,25H,8-9,12-13H2,1-7H3/t17?,18-/m0/s1. The number of rotatable bonds is 7. The minimum atomic E-state index is -0.412. The Labute approximate surface area is 194 Å². The van der Waals surface area contributed by atoms with Crippen LogP contribution in [0.2, 0.25) is 0 Å². The fourth-order valence-electron chi connectivity index (χ4n) is 4.08. The number of carbonyl (C=O) groups is 1. The fourth-order valence-corrected chi connectivity index (χ4v) is 4.08. The van der Waals surface area contributed by atoms with Crippen LogP contribution >= 0.6 is 0 Å². The molecule has 0 bridgehead atoms. The average Bonchev–Trinajstić information content (AvgIpc) is 3.19. The van der Waals surface area contributed by atoms with Crippen molar-refractivity contribution < 1.29 is 14.3 Å². The molecule has 1 saturated heterocycles. The van der Waals surface area contributed by atoms with E-state index in [1.54, 1.807) is 16.5 Å². The second-order valence-electron chi connectivity index (χ2n) is 8.29. The highest BCUT2D eigenvalue weighted by atomic mass is 16.5. The zero-order chi connectivity index (χ0) is 24.3. The number of hydrogen-bond donors (Lipinski definition) is 1. The Morgan fingerprint density at radius 2 is 1.97 bits per heavy atom. The summed E-state index contributed by atoms with van der Waals surface area (Å²) in [6, 6.07) is 3.61. The van der Waals surface area contributed by atoms with Crippen LogP contribution in [-0.2, 0) is 22.9 Å². The molecule has 180 valence electrons. The molecule has 1 N–H and O–H groups in total. The summed E-state index contributed by atoms with van der Waals surface area (Å²) in [5, 5.41) is 3.34. The van der Waals surface area contributed by atoms with Crippen molar-refractivity contribution in [1.82, 2.24) is 19.4 Å². The van der Waals surface area contributed by atoms with Gasteiger partial charge >= 0.3 is 6.09 Å². The molecule has 0 spiro atoms. The minimum absolute atomic E-state index is 0.181. The van der Waals surface area contributed by atoms with Crippen molar-refractivity contribution in [3.05, 3.63) is 33.9 Å². The lowest BCUT2D eigenvalue weighted by Crippen LogP contribution is -2.38. The molecule has 2 atom stereocenters. The second kappa shape index (κ2) is 10.2. The molecular weight excluding hydrogens is 424 g/mol.